The Balaban J connectivity index is 2.57. The van der Waals surface area contributed by atoms with Gasteiger partial charge in [0.15, 0.2) is 0 Å². The molecule has 1 fully saturated rings. The Morgan fingerprint density at radius 2 is 1.84 bits per heavy atom. The van der Waals surface area contributed by atoms with Crippen LogP contribution in [0.15, 0.2) is 0 Å². The van der Waals surface area contributed by atoms with Crippen molar-refractivity contribution in [2.75, 3.05) is 20.2 Å². The second-order valence-corrected chi connectivity index (χ2v) is 4.98. The number of hydrogen-bond donors (Lipinski definition) is 2. The number of likely N-dealkylation sites (tertiary alicyclic amines) is 1. The van der Waals surface area contributed by atoms with E-state index in [4.69, 9.17) is 5.11 Å². The molecule has 7 heteroatoms. The highest BCUT2D eigenvalue weighted by molar-refractivity contribution is 5.86. The van der Waals surface area contributed by atoms with Crippen LogP contribution < -0.4 is 5.32 Å². The largest absolute Gasteiger partial charge is 0.480 e. The third kappa shape index (κ3) is 4.11. The number of carbonyl (C=O) groups is 3. The number of ether oxygens (including phenoxy) is 1. The summed E-state index contributed by atoms with van der Waals surface area (Å²) in [5.41, 5.74) is 0. The van der Waals surface area contributed by atoms with Crippen LogP contribution in [0.1, 0.15) is 20.3 Å². The smallest absolute Gasteiger partial charge is 0.326 e. The zero-order valence-electron chi connectivity index (χ0n) is 11.4. The number of aliphatic carboxylic acids is 1. The Bertz CT molecular complexity index is 361. The van der Waals surface area contributed by atoms with Crippen molar-refractivity contribution in [1.29, 1.82) is 0 Å². The Labute approximate surface area is 111 Å². The number of carboxylic acid groups (broad SMARTS) is 1. The SMILES string of the molecule is COC(=O)C[C@H](NC(=O)N1CC(C)C(C)C1)C(=O)O. The number of amides is 2. The van der Waals surface area contributed by atoms with Crippen molar-refractivity contribution in [2.45, 2.75) is 26.3 Å². The van der Waals surface area contributed by atoms with E-state index in [2.05, 4.69) is 10.1 Å². The van der Waals surface area contributed by atoms with Crippen molar-refractivity contribution in [2.24, 2.45) is 11.8 Å². The van der Waals surface area contributed by atoms with Gasteiger partial charge < -0.3 is 20.1 Å². The highest BCUT2D eigenvalue weighted by Crippen LogP contribution is 2.21. The maximum atomic E-state index is 11.9. The number of methoxy groups -OCH3 is 1. The summed E-state index contributed by atoms with van der Waals surface area (Å²) in [5, 5.41) is 11.3. The Morgan fingerprint density at radius 1 is 1.32 bits per heavy atom. The average molecular weight is 272 g/mol. The minimum Gasteiger partial charge on any atom is -0.480 e. The highest BCUT2D eigenvalue weighted by Gasteiger charge is 2.32. The van der Waals surface area contributed by atoms with Crippen LogP contribution in [0.5, 0.6) is 0 Å². The molecule has 0 bridgehead atoms. The van der Waals surface area contributed by atoms with Crippen LogP contribution in [-0.4, -0.2) is 54.2 Å². The predicted molar refractivity (Wildman–Crippen MR) is 66.5 cm³/mol. The van der Waals surface area contributed by atoms with Gasteiger partial charge in [-0.2, -0.15) is 0 Å². The number of nitrogens with zero attached hydrogens (tertiary/aromatic N) is 1. The molecule has 0 spiro atoms. The molecule has 7 nitrogen and oxygen atoms in total. The van der Waals surface area contributed by atoms with Crippen molar-refractivity contribution in [1.82, 2.24) is 10.2 Å². The van der Waals surface area contributed by atoms with Crippen LogP contribution >= 0.6 is 0 Å². The number of carbonyl (C=O) groups excluding carboxylic acids is 2. The number of hydrogen-bond acceptors (Lipinski definition) is 4. The molecule has 1 aliphatic heterocycles. The predicted octanol–water partition coefficient (Wildman–Crippen LogP) is 0.300. The summed E-state index contributed by atoms with van der Waals surface area (Å²) in [6, 6.07) is -1.71. The molecule has 2 unspecified atom stereocenters. The van der Waals surface area contributed by atoms with Crippen LogP contribution in [-0.2, 0) is 14.3 Å². The quantitative estimate of drug-likeness (QED) is 0.718. The van der Waals surface area contributed by atoms with Gasteiger partial charge in [-0.25, -0.2) is 9.59 Å². The molecule has 0 radical (unpaired) electrons. The second kappa shape index (κ2) is 6.40. The number of nitrogens with one attached hydrogen (secondary N) is 1. The molecule has 1 saturated heterocycles. The molecule has 0 saturated carbocycles. The van der Waals surface area contributed by atoms with Crippen LogP contribution in [0, 0.1) is 11.8 Å². The summed E-state index contributed by atoms with van der Waals surface area (Å²) in [6.45, 7) is 5.28. The molecular formula is C12H20N2O5. The van der Waals surface area contributed by atoms with Crippen LogP contribution in [0.3, 0.4) is 0 Å². The van der Waals surface area contributed by atoms with E-state index in [1.165, 1.54) is 7.11 Å². The molecule has 1 aliphatic rings. The van der Waals surface area contributed by atoms with E-state index in [0.717, 1.165) is 0 Å². The molecule has 19 heavy (non-hydrogen) atoms. The molecule has 3 atom stereocenters. The van der Waals surface area contributed by atoms with E-state index in [-0.39, 0.29) is 6.42 Å². The summed E-state index contributed by atoms with van der Waals surface area (Å²) in [7, 11) is 1.17. The Morgan fingerprint density at radius 3 is 2.26 bits per heavy atom. The van der Waals surface area contributed by atoms with Crippen molar-refractivity contribution in [3.05, 3.63) is 0 Å². The van der Waals surface area contributed by atoms with Crippen LogP contribution in [0.25, 0.3) is 0 Å². The molecule has 108 valence electrons. The molecule has 0 aliphatic carbocycles. The number of esters is 1. The van der Waals surface area contributed by atoms with E-state index >= 15 is 0 Å². The van der Waals surface area contributed by atoms with E-state index < -0.39 is 24.0 Å². The van der Waals surface area contributed by atoms with Crippen molar-refractivity contribution >= 4 is 18.0 Å². The summed E-state index contributed by atoms with van der Waals surface area (Å²) < 4.78 is 4.40. The fourth-order valence-corrected chi connectivity index (χ4v) is 1.99. The van der Waals surface area contributed by atoms with Gasteiger partial charge in [0.1, 0.15) is 6.04 Å². The van der Waals surface area contributed by atoms with E-state index in [1.807, 2.05) is 13.8 Å². The van der Waals surface area contributed by atoms with Gasteiger partial charge in [-0.3, -0.25) is 4.79 Å². The lowest BCUT2D eigenvalue weighted by Crippen LogP contribution is -2.48. The monoisotopic (exact) mass is 272 g/mol. The maximum absolute atomic E-state index is 11.9. The van der Waals surface area contributed by atoms with Gasteiger partial charge in [-0.15, -0.1) is 0 Å². The minimum atomic E-state index is -1.26. The van der Waals surface area contributed by atoms with E-state index in [0.29, 0.717) is 24.9 Å². The van der Waals surface area contributed by atoms with Crippen LogP contribution in [0.2, 0.25) is 0 Å². The molecule has 0 aromatic carbocycles. The highest BCUT2D eigenvalue weighted by atomic mass is 16.5. The van der Waals surface area contributed by atoms with Gasteiger partial charge in [0.25, 0.3) is 0 Å². The maximum Gasteiger partial charge on any atom is 0.326 e. The zero-order chi connectivity index (χ0) is 14.6. The van der Waals surface area contributed by atoms with Gasteiger partial charge in [0, 0.05) is 13.1 Å². The molecule has 1 rings (SSSR count). The number of carboxylic acids is 1. The Kier molecular flexibility index (Phi) is 5.14. The van der Waals surface area contributed by atoms with Crippen LogP contribution in [0.4, 0.5) is 4.79 Å². The molecule has 0 aromatic rings. The topological polar surface area (TPSA) is 95.9 Å². The lowest BCUT2D eigenvalue weighted by Gasteiger charge is -2.20. The first kappa shape index (κ1) is 15.3. The standard InChI is InChI=1S/C12H20N2O5/c1-7-5-14(6-8(7)2)12(18)13-9(11(16)17)4-10(15)19-3/h7-9H,4-6H2,1-3H3,(H,13,18)(H,16,17)/t7?,8?,9-/m0/s1. The lowest BCUT2D eigenvalue weighted by atomic mass is 10.0. The first-order chi connectivity index (χ1) is 8.85. The fourth-order valence-electron chi connectivity index (χ4n) is 1.99. The lowest BCUT2D eigenvalue weighted by molar-refractivity contribution is -0.147. The third-order valence-corrected chi connectivity index (χ3v) is 3.47. The van der Waals surface area contributed by atoms with Crippen molar-refractivity contribution < 1.29 is 24.2 Å². The van der Waals surface area contributed by atoms with Crippen molar-refractivity contribution in [3.8, 4) is 0 Å². The first-order valence-corrected chi connectivity index (χ1v) is 6.20. The third-order valence-electron chi connectivity index (χ3n) is 3.47. The molecule has 0 aromatic heterocycles. The van der Waals surface area contributed by atoms with Crippen molar-refractivity contribution in [3.63, 3.8) is 0 Å². The molecule has 2 amide bonds. The fraction of sp³-hybridized carbons (Fsp3) is 0.750. The normalized spacial score (nSPS) is 23.8. The molecular weight excluding hydrogens is 252 g/mol. The zero-order valence-corrected chi connectivity index (χ0v) is 11.4. The van der Waals surface area contributed by atoms with E-state index in [9.17, 15) is 14.4 Å². The number of urea groups is 1. The molecule has 1 heterocycles. The summed E-state index contributed by atoms with van der Waals surface area (Å²) in [4.78, 5) is 35.6. The van der Waals surface area contributed by atoms with Gasteiger partial charge >= 0.3 is 18.0 Å². The summed E-state index contributed by atoms with van der Waals surface area (Å²) in [6.07, 6.45) is -0.378. The van der Waals surface area contributed by atoms with Gasteiger partial charge in [0.05, 0.1) is 13.5 Å². The minimum absolute atomic E-state index is 0.378. The summed E-state index contributed by atoms with van der Waals surface area (Å²) >= 11 is 0. The van der Waals surface area contributed by atoms with Gasteiger partial charge in [-0.05, 0) is 11.8 Å². The first-order valence-electron chi connectivity index (χ1n) is 6.20. The number of rotatable bonds is 4. The van der Waals surface area contributed by atoms with E-state index in [1.54, 1.807) is 4.90 Å². The Hall–Kier alpha value is -1.79. The average Bonchev–Trinajstić information content (AvgIpc) is 2.68. The van der Waals surface area contributed by atoms with Gasteiger partial charge in [0.2, 0.25) is 0 Å². The molecule has 2 N–H and O–H groups in total. The van der Waals surface area contributed by atoms with Gasteiger partial charge in [-0.1, -0.05) is 13.8 Å². The second-order valence-electron chi connectivity index (χ2n) is 4.98. The summed E-state index contributed by atoms with van der Waals surface area (Å²) in [5.74, 6) is -1.15.